The van der Waals surface area contributed by atoms with Crippen LogP contribution in [0.1, 0.15) is 0 Å². The molecule has 1 aromatic heterocycles. The molecule has 25 heavy (non-hydrogen) atoms. The van der Waals surface area contributed by atoms with E-state index in [1.807, 2.05) is 36.7 Å². The van der Waals surface area contributed by atoms with Crippen LogP contribution in [-0.4, -0.2) is 45.5 Å². The highest BCUT2D eigenvalue weighted by atomic mass is 16.4. The second kappa shape index (κ2) is 8.01. The van der Waals surface area contributed by atoms with E-state index < -0.39 is 5.97 Å². The third-order valence-electron chi connectivity index (χ3n) is 3.81. The van der Waals surface area contributed by atoms with Crippen LogP contribution in [0.2, 0.25) is 0 Å². The molecule has 0 radical (unpaired) electrons. The summed E-state index contributed by atoms with van der Waals surface area (Å²) in [6.07, 6.45) is 19.2. The molecule has 0 saturated heterocycles. The molecule has 0 unspecified atom stereocenters. The molecule has 3 rings (SSSR count). The smallest absolute Gasteiger partial charge is 0.323 e. The summed E-state index contributed by atoms with van der Waals surface area (Å²) in [7, 11) is 0. The summed E-state index contributed by atoms with van der Waals surface area (Å²) < 4.78 is 0. The first-order chi connectivity index (χ1) is 12.2. The molecule has 0 amide bonds. The standard InChI is InChI=1S/C19H20N4O2/c24-19(25)15-23-12-5-17(6-13-23)16-3-10-22(11-4-16)14-9-21-18-1-7-20-8-2-18/h1-8,10-13H,9,14-15H2,(H,20,21)(H,24,25). The molecular formula is C19H20N4O2. The van der Waals surface area contributed by atoms with Crippen molar-refractivity contribution in [3.8, 4) is 0 Å². The Hall–Kier alpha value is -3.28. The lowest BCUT2D eigenvalue weighted by molar-refractivity contribution is -0.137. The van der Waals surface area contributed by atoms with Crippen molar-refractivity contribution in [3.05, 3.63) is 84.8 Å². The number of carboxylic acids is 1. The van der Waals surface area contributed by atoms with Gasteiger partial charge in [-0.3, -0.25) is 9.78 Å². The van der Waals surface area contributed by atoms with Crippen LogP contribution in [0.3, 0.4) is 0 Å². The molecule has 1 aromatic rings. The Morgan fingerprint density at radius 3 is 2.08 bits per heavy atom. The summed E-state index contributed by atoms with van der Waals surface area (Å²) in [4.78, 5) is 18.5. The van der Waals surface area contributed by atoms with E-state index in [0.29, 0.717) is 0 Å². The van der Waals surface area contributed by atoms with Crippen molar-refractivity contribution >= 4 is 11.7 Å². The molecule has 0 bridgehead atoms. The fourth-order valence-corrected chi connectivity index (χ4v) is 2.51. The lowest BCUT2D eigenvalue weighted by atomic mass is 10.0. The van der Waals surface area contributed by atoms with Gasteiger partial charge >= 0.3 is 5.97 Å². The first-order valence-corrected chi connectivity index (χ1v) is 8.05. The fourth-order valence-electron chi connectivity index (χ4n) is 2.51. The molecule has 0 spiro atoms. The van der Waals surface area contributed by atoms with Gasteiger partial charge in [-0.15, -0.1) is 0 Å². The third kappa shape index (κ3) is 4.84. The monoisotopic (exact) mass is 336 g/mol. The molecule has 128 valence electrons. The second-order valence-corrected chi connectivity index (χ2v) is 5.64. The average molecular weight is 336 g/mol. The van der Waals surface area contributed by atoms with Gasteiger partial charge in [-0.1, -0.05) is 0 Å². The molecule has 0 aliphatic carbocycles. The maximum atomic E-state index is 10.7. The van der Waals surface area contributed by atoms with Gasteiger partial charge in [-0.2, -0.15) is 0 Å². The number of carbonyl (C=O) groups is 1. The quantitative estimate of drug-likeness (QED) is 0.832. The number of hydrogen-bond acceptors (Lipinski definition) is 5. The number of aliphatic carboxylic acids is 1. The summed E-state index contributed by atoms with van der Waals surface area (Å²) in [5.74, 6) is -0.848. The number of pyridine rings is 1. The van der Waals surface area contributed by atoms with Crippen molar-refractivity contribution in [3.63, 3.8) is 0 Å². The van der Waals surface area contributed by atoms with E-state index in [0.717, 1.165) is 29.9 Å². The van der Waals surface area contributed by atoms with Gasteiger partial charge in [0.2, 0.25) is 0 Å². The number of nitrogens with zero attached hydrogens (tertiary/aromatic N) is 3. The van der Waals surface area contributed by atoms with Crippen molar-refractivity contribution in [1.82, 2.24) is 14.8 Å². The van der Waals surface area contributed by atoms with Gasteiger partial charge in [-0.05, 0) is 47.6 Å². The predicted molar refractivity (Wildman–Crippen MR) is 97.4 cm³/mol. The first kappa shape index (κ1) is 16.6. The zero-order valence-corrected chi connectivity index (χ0v) is 13.7. The van der Waals surface area contributed by atoms with Gasteiger partial charge < -0.3 is 20.2 Å². The van der Waals surface area contributed by atoms with Crippen LogP contribution >= 0.6 is 0 Å². The number of rotatable bonds is 6. The molecule has 6 heteroatoms. The Morgan fingerprint density at radius 1 is 0.960 bits per heavy atom. The van der Waals surface area contributed by atoms with Crippen LogP contribution in [0.5, 0.6) is 0 Å². The number of allylic oxidation sites excluding steroid dienone is 6. The van der Waals surface area contributed by atoms with Gasteiger partial charge in [0.25, 0.3) is 0 Å². The average Bonchev–Trinajstić information content (AvgIpc) is 2.63. The van der Waals surface area contributed by atoms with Crippen molar-refractivity contribution in [2.45, 2.75) is 0 Å². The summed E-state index contributed by atoms with van der Waals surface area (Å²) in [6.45, 7) is 1.66. The van der Waals surface area contributed by atoms with Crippen molar-refractivity contribution < 1.29 is 9.90 Å². The number of hydrogen-bond donors (Lipinski definition) is 2. The Labute approximate surface area is 146 Å². The fraction of sp³-hybridized carbons (Fsp3) is 0.158. The minimum atomic E-state index is -0.848. The van der Waals surface area contributed by atoms with Crippen LogP contribution in [0.25, 0.3) is 0 Å². The highest BCUT2D eigenvalue weighted by molar-refractivity contribution is 5.69. The topological polar surface area (TPSA) is 68.7 Å². The lowest BCUT2D eigenvalue weighted by Crippen LogP contribution is -2.21. The van der Waals surface area contributed by atoms with E-state index in [1.165, 1.54) is 0 Å². The van der Waals surface area contributed by atoms with E-state index in [4.69, 9.17) is 5.11 Å². The summed E-state index contributed by atoms with van der Waals surface area (Å²) in [5.41, 5.74) is 3.22. The summed E-state index contributed by atoms with van der Waals surface area (Å²) >= 11 is 0. The van der Waals surface area contributed by atoms with Crippen LogP contribution in [0.4, 0.5) is 5.69 Å². The van der Waals surface area contributed by atoms with E-state index in [2.05, 4.69) is 27.4 Å². The number of nitrogens with one attached hydrogen (secondary N) is 1. The number of anilines is 1. The molecule has 0 atom stereocenters. The molecule has 0 aromatic carbocycles. The van der Waals surface area contributed by atoms with E-state index in [9.17, 15) is 4.79 Å². The van der Waals surface area contributed by atoms with Crippen molar-refractivity contribution in [2.75, 3.05) is 25.0 Å². The molecular weight excluding hydrogens is 316 g/mol. The lowest BCUT2D eigenvalue weighted by Gasteiger charge is -2.21. The molecule has 2 aliphatic heterocycles. The largest absolute Gasteiger partial charge is 0.480 e. The van der Waals surface area contributed by atoms with Crippen molar-refractivity contribution in [2.24, 2.45) is 0 Å². The minimum absolute atomic E-state index is 0.0282. The Kier molecular flexibility index (Phi) is 5.31. The maximum absolute atomic E-state index is 10.7. The molecule has 0 saturated carbocycles. The minimum Gasteiger partial charge on any atom is -0.480 e. The van der Waals surface area contributed by atoms with Gasteiger partial charge in [0.05, 0.1) is 0 Å². The molecule has 2 aliphatic rings. The SMILES string of the molecule is O=C(O)CN1C=CC(=C2C=CN(CCNc3ccncc3)C=C2)C=C1. The number of aromatic nitrogens is 1. The predicted octanol–water partition coefficient (Wildman–Crippen LogP) is 2.56. The van der Waals surface area contributed by atoms with E-state index >= 15 is 0 Å². The first-order valence-electron chi connectivity index (χ1n) is 8.05. The Bertz CT molecular complexity index is 731. The molecule has 2 N–H and O–H groups in total. The Morgan fingerprint density at radius 2 is 1.52 bits per heavy atom. The van der Waals surface area contributed by atoms with Gasteiger partial charge in [0, 0.05) is 56.0 Å². The van der Waals surface area contributed by atoms with Crippen LogP contribution < -0.4 is 5.32 Å². The zero-order chi connectivity index (χ0) is 17.5. The molecule has 0 fully saturated rings. The van der Waals surface area contributed by atoms with E-state index in [1.54, 1.807) is 29.7 Å². The third-order valence-corrected chi connectivity index (χ3v) is 3.81. The summed E-state index contributed by atoms with van der Waals surface area (Å²) in [5, 5.41) is 12.1. The van der Waals surface area contributed by atoms with Gasteiger partial charge in [0.15, 0.2) is 0 Å². The molecule has 3 heterocycles. The molecule has 6 nitrogen and oxygen atoms in total. The Balaban J connectivity index is 1.50. The van der Waals surface area contributed by atoms with Crippen molar-refractivity contribution in [1.29, 1.82) is 0 Å². The highest BCUT2D eigenvalue weighted by Crippen LogP contribution is 2.19. The highest BCUT2D eigenvalue weighted by Gasteiger charge is 2.08. The summed E-state index contributed by atoms with van der Waals surface area (Å²) in [6, 6.07) is 3.89. The zero-order valence-electron chi connectivity index (χ0n) is 13.7. The normalized spacial score (nSPS) is 15.8. The van der Waals surface area contributed by atoms with E-state index in [-0.39, 0.29) is 6.54 Å². The van der Waals surface area contributed by atoms with Crippen LogP contribution in [-0.2, 0) is 4.79 Å². The van der Waals surface area contributed by atoms with Crippen LogP contribution in [0, 0.1) is 0 Å². The van der Waals surface area contributed by atoms with Gasteiger partial charge in [0.1, 0.15) is 6.54 Å². The number of carboxylic acid groups (broad SMARTS) is 1. The second-order valence-electron chi connectivity index (χ2n) is 5.64. The van der Waals surface area contributed by atoms with Gasteiger partial charge in [-0.25, -0.2) is 0 Å². The van der Waals surface area contributed by atoms with Crippen LogP contribution in [0.15, 0.2) is 84.8 Å². The maximum Gasteiger partial charge on any atom is 0.323 e.